The Morgan fingerprint density at radius 3 is 2.35 bits per heavy atom. The fraction of sp³-hybridized carbons (Fsp3) is 0.750. The van der Waals surface area contributed by atoms with Crippen molar-refractivity contribution in [3.05, 3.63) is 33.1 Å². The number of rotatable bonds is 11. The lowest BCUT2D eigenvalue weighted by Gasteiger charge is -2.22. The van der Waals surface area contributed by atoms with Crippen molar-refractivity contribution in [3.8, 4) is 0 Å². The summed E-state index contributed by atoms with van der Waals surface area (Å²) >= 11 is 0. The van der Waals surface area contributed by atoms with Gasteiger partial charge in [-0.1, -0.05) is 0 Å². The van der Waals surface area contributed by atoms with Crippen LogP contribution in [0.1, 0.15) is 6.23 Å². The second-order valence-electron chi connectivity index (χ2n) is 7.96. The number of aromatic nitrogens is 2. The predicted molar refractivity (Wildman–Crippen MR) is 114 cm³/mol. The van der Waals surface area contributed by atoms with Gasteiger partial charge in [0.05, 0.1) is 13.2 Å². The van der Waals surface area contributed by atoms with Gasteiger partial charge in [0.25, 0.3) is 5.56 Å². The van der Waals surface area contributed by atoms with Crippen molar-refractivity contribution in [2.75, 3.05) is 20.3 Å². The van der Waals surface area contributed by atoms with Gasteiger partial charge in [-0.25, -0.2) is 13.9 Å². The Morgan fingerprint density at radius 2 is 1.73 bits per heavy atom. The number of phosphoric ester groups is 2. The van der Waals surface area contributed by atoms with Gasteiger partial charge in [0.15, 0.2) is 12.5 Å². The van der Waals surface area contributed by atoms with Gasteiger partial charge in [-0.2, -0.15) is 4.31 Å². The first-order valence-electron chi connectivity index (χ1n) is 10.4. The molecule has 1 aromatic heterocycles. The van der Waals surface area contributed by atoms with E-state index >= 15 is 0 Å². The molecule has 21 heteroatoms. The Bertz CT molecular complexity index is 1140. The molecule has 1 aromatic rings. The van der Waals surface area contributed by atoms with E-state index in [2.05, 4.69) is 18.1 Å². The molecule has 2 fully saturated rings. The number of aromatic amines is 1. The van der Waals surface area contributed by atoms with Crippen LogP contribution in [0, 0.1) is 0 Å². The summed E-state index contributed by atoms with van der Waals surface area (Å²) < 4.78 is 53.2. The molecule has 2 unspecified atom stereocenters. The van der Waals surface area contributed by atoms with E-state index in [0.717, 1.165) is 16.8 Å². The highest BCUT2D eigenvalue weighted by Gasteiger charge is 2.51. The normalized spacial score (nSPS) is 36.2. The molecule has 0 aliphatic carbocycles. The van der Waals surface area contributed by atoms with Crippen molar-refractivity contribution < 1.29 is 72.0 Å². The smallest absolute Gasteiger partial charge is 0.388 e. The largest absolute Gasteiger partial charge is 0.483 e. The summed E-state index contributed by atoms with van der Waals surface area (Å²) in [6.45, 7) is -1.34. The lowest BCUT2D eigenvalue weighted by Crippen LogP contribution is -2.40. The minimum Gasteiger partial charge on any atom is -0.388 e. The van der Waals surface area contributed by atoms with E-state index in [1.165, 1.54) is 7.11 Å². The molecule has 0 spiro atoms. The van der Waals surface area contributed by atoms with Crippen LogP contribution >= 0.6 is 15.6 Å². The highest BCUT2D eigenvalue weighted by Crippen LogP contribution is 2.61. The zero-order valence-electron chi connectivity index (χ0n) is 18.8. The number of methoxy groups -OCH3 is 1. The minimum absolute atomic E-state index is 0.338. The van der Waals surface area contributed by atoms with E-state index in [4.69, 9.17) is 9.47 Å². The summed E-state index contributed by atoms with van der Waals surface area (Å²) in [6.07, 6.45) is -14.5. The average Bonchev–Trinajstić information content (AvgIpc) is 3.22. The minimum atomic E-state index is -5.54. The Labute approximate surface area is 206 Å². The summed E-state index contributed by atoms with van der Waals surface area (Å²) in [5.41, 5.74) is -1.73. The van der Waals surface area contributed by atoms with E-state index in [1.54, 1.807) is 0 Å². The van der Waals surface area contributed by atoms with Gasteiger partial charge in [0.1, 0.15) is 42.7 Å². The van der Waals surface area contributed by atoms with E-state index in [9.17, 15) is 54.0 Å². The van der Waals surface area contributed by atoms with Crippen LogP contribution in [0.2, 0.25) is 0 Å². The maximum atomic E-state index is 12.2. The molecule has 0 saturated carbocycles. The van der Waals surface area contributed by atoms with E-state index < -0.39 is 88.7 Å². The first-order chi connectivity index (χ1) is 17.2. The van der Waals surface area contributed by atoms with Crippen LogP contribution in [0.3, 0.4) is 0 Å². The van der Waals surface area contributed by atoms with E-state index in [1.807, 2.05) is 4.98 Å². The molecule has 212 valence electrons. The Morgan fingerprint density at radius 1 is 1.05 bits per heavy atom. The van der Waals surface area contributed by atoms with Crippen molar-refractivity contribution in [3.63, 3.8) is 0 Å². The molecule has 2 aliphatic rings. The maximum absolute atomic E-state index is 12.2. The molecule has 0 amide bonds. The van der Waals surface area contributed by atoms with Crippen molar-refractivity contribution in [2.24, 2.45) is 0 Å². The summed E-state index contributed by atoms with van der Waals surface area (Å²) in [5.74, 6) is 0. The maximum Gasteiger partial charge on any atom is 0.483 e. The third-order valence-corrected chi connectivity index (χ3v) is 7.88. The van der Waals surface area contributed by atoms with Gasteiger partial charge in [0.2, 0.25) is 0 Å². The molecule has 0 radical (unpaired) electrons. The molecule has 8 N–H and O–H groups in total. The van der Waals surface area contributed by atoms with Crippen LogP contribution in [0.5, 0.6) is 0 Å². The van der Waals surface area contributed by atoms with Gasteiger partial charge in [-0.15, -0.1) is 0 Å². The first-order valence-corrected chi connectivity index (χ1v) is 13.4. The summed E-state index contributed by atoms with van der Waals surface area (Å²) in [5, 5.41) is 50.0. The summed E-state index contributed by atoms with van der Waals surface area (Å²) in [7, 11) is -9.77. The lowest BCUT2D eigenvalue weighted by atomic mass is 10.1. The number of ether oxygens (including phenoxy) is 3. The summed E-state index contributed by atoms with van der Waals surface area (Å²) in [6, 6.07) is 0.937. The monoisotopic (exact) mass is 580 g/mol. The molecule has 3 rings (SSSR count). The highest BCUT2D eigenvalue weighted by atomic mass is 31.3. The molecular weight excluding hydrogens is 554 g/mol. The number of aliphatic hydroxyl groups excluding tert-OH is 5. The molecule has 3 heterocycles. The number of H-pyrrole nitrogens is 1. The van der Waals surface area contributed by atoms with Crippen LogP contribution in [0.25, 0.3) is 0 Å². The molecule has 0 bridgehead atoms. The zero-order chi connectivity index (χ0) is 27.7. The third-order valence-electron chi connectivity index (χ3n) is 5.28. The van der Waals surface area contributed by atoms with Crippen molar-refractivity contribution >= 4 is 15.6 Å². The number of hydrogen-bond acceptors (Lipinski definition) is 15. The highest BCUT2D eigenvalue weighted by molar-refractivity contribution is 7.61. The van der Waals surface area contributed by atoms with Crippen LogP contribution in [-0.4, -0.2) is 114 Å². The number of phosphoric acid groups is 2. The molecule has 11 atom stereocenters. The second-order valence-corrected chi connectivity index (χ2v) is 11.0. The Kier molecular flexibility index (Phi) is 9.61. The van der Waals surface area contributed by atoms with Crippen molar-refractivity contribution in [1.29, 1.82) is 0 Å². The molecule has 19 nitrogen and oxygen atoms in total. The molecule has 0 aromatic carbocycles. The Hall–Kier alpha value is -1.38. The quantitative estimate of drug-likeness (QED) is 0.115. The van der Waals surface area contributed by atoms with Gasteiger partial charge >= 0.3 is 21.3 Å². The van der Waals surface area contributed by atoms with Crippen LogP contribution < -0.4 is 11.2 Å². The van der Waals surface area contributed by atoms with E-state index in [-0.39, 0.29) is 6.61 Å². The van der Waals surface area contributed by atoms with Gasteiger partial charge in [0, 0.05) is 19.4 Å². The Balaban J connectivity index is 1.59. The number of nitrogens with zero attached hydrogens (tertiary/aromatic N) is 1. The molecule has 2 saturated heterocycles. The predicted octanol–water partition coefficient (Wildman–Crippen LogP) is -4.14. The number of hydrogen-bond donors (Lipinski definition) is 8. The molecule has 2 aliphatic heterocycles. The van der Waals surface area contributed by atoms with E-state index in [0.29, 0.717) is 0 Å². The van der Waals surface area contributed by atoms with Crippen molar-refractivity contribution in [2.45, 2.75) is 55.2 Å². The lowest BCUT2D eigenvalue weighted by molar-refractivity contribution is -0.145. The third kappa shape index (κ3) is 7.18. The van der Waals surface area contributed by atoms with Gasteiger partial charge < -0.3 is 49.5 Å². The first kappa shape index (κ1) is 30.2. The SMILES string of the molecule is COC[C@@H](O)[C@@H]1O[C@H](OP(=O)(O)OP(=O)(O)OC[C@H]2O[C@@H](n3ccc(=O)[nH]c3=O)[C@H](O)[C@@H]2O)[C@H](O)[C@H]1O. The number of aliphatic hydroxyl groups is 5. The van der Waals surface area contributed by atoms with Gasteiger partial charge in [-0.05, 0) is 0 Å². The zero-order valence-corrected chi connectivity index (χ0v) is 20.6. The molecular formula is C16H26N2O17P2. The van der Waals surface area contributed by atoms with Crippen LogP contribution in [0.4, 0.5) is 0 Å². The van der Waals surface area contributed by atoms with Crippen molar-refractivity contribution in [1.82, 2.24) is 9.55 Å². The topological polar surface area (TPSA) is 286 Å². The fourth-order valence-electron chi connectivity index (χ4n) is 3.54. The van der Waals surface area contributed by atoms with Crippen LogP contribution in [-0.2, 0) is 36.7 Å². The standard InChI is InChI=1S/C16H26N2O17P2/c1-30-4-6(19)13-10(22)12(24)15(33-13)34-37(28,29)35-36(26,27)31-5-7-9(21)11(23)14(32-7)18-3-2-8(20)17-16(18)25/h2-3,6-7,9-15,19,21-24H,4-5H2,1H3,(H,26,27)(H,28,29)(H,17,20,25)/t6-,7-,9-,10-,11-,12-,13+,14-,15-/m1/s1. The fourth-order valence-corrected chi connectivity index (χ4v) is 5.70. The molecule has 37 heavy (non-hydrogen) atoms. The summed E-state index contributed by atoms with van der Waals surface area (Å²) in [4.78, 5) is 44.6. The second kappa shape index (κ2) is 11.8. The average molecular weight is 580 g/mol. The number of nitrogens with one attached hydrogen (secondary N) is 1. The van der Waals surface area contributed by atoms with Crippen LogP contribution in [0.15, 0.2) is 21.9 Å². The van der Waals surface area contributed by atoms with Gasteiger partial charge in [-0.3, -0.25) is 23.4 Å².